The topological polar surface area (TPSA) is 63.0 Å². The zero-order chi connectivity index (χ0) is 9.97. The zero-order valence-electron chi connectivity index (χ0n) is 8.35. The Morgan fingerprint density at radius 1 is 1.64 bits per heavy atom. The summed E-state index contributed by atoms with van der Waals surface area (Å²) in [6, 6.07) is 0.388. The van der Waals surface area contributed by atoms with Crippen molar-refractivity contribution in [3.05, 3.63) is 6.20 Å². The molecule has 0 bridgehead atoms. The van der Waals surface area contributed by atoms with Crippen LogP contribution >= 0.6 is 0 Å². The molecule has 1 aromatic heterocycles. The number of hydrogen-bond donors (Lipinski definition) is 2. The average molecular weight is 196 g/mol. The van der Waals surface area contributed by atoms with Crippen LogP contribution in [0, 0.1) is 0 Å². The first kappa shape index (κ1) is 9.45. The van der Waals surface area contributed by atoms with Crippen molar-refractivity contribution in [1.82, 2.24) is 15.0 Å². The Bertz CT molecular complexity index is 293. The van der Waals surface area contributed by atoms with Gasteiger partial charge in [-0.3, -0.25) is 0 Å². The van der Waals surface area contributed by atoms with E-state index in [2.05, 4.69) is 22.6 Å². The Balaban J connectivity index is 1.91. The van der Waals surface area contributed by atoms with Gasteiger partial charge in [0, 0.05) is 12.6 Å². The van der Waals surface area contributed by atoms with Gasteiger partial charge in [-0.05, 0) is 19.3 Å². The van der Waals surface area contributed by atoms with Gasteiger partial charge in [0.25, 0.3) is 0 Å². The lowest BCUT2D eigenvalue weighted by Gasteiger charge is -2.32. The molecule has 0 aliphatic heterocycles. The minimum atomic E-state index is -0.122. The quantitative estimate of drug-likeness (QED) is 0.741. The highest BCUT2D eigenvalue weighted by Gasteiger charge is 2.27. The lowest BCUT2D eigenvalue weighted by Crippen LogP contribution is -2.39. The van der Waals surface area contributed by atoms with Crippen molar-refractivity contribution in [1.29, 1.82) is 0 Å². The Hall–Kier alpha value is -1.10. The molecule has 1 fully saturated rings. The third kappa shape index (κ3) is 1.87. The molecule has 0 radical (unpaired) electrons. The van der Waals surface area contributed by atoms with E-state index in [0.29, 0.717) is 6.04 Å². The molecule has 1 saturated carbocycles. The molecule has 1 aliphatic rings. The van der Waals surface area contributed by atoms with Crippen LogP contribution in [0.4, 0.5) is 5.82 Å². The van der Waals surface area contributed by atoms with Crippen LogP contribution in [0.5, 0.6) is 0 Å². The predicted octanol–water partition coefficient (Wildman–Crippen LogP) is 0.623. The standard InChI is InChI=1S/C9H16N4O/c1-2-3-13-9(6-10-12-13)11-7-4-8(14)5-7/h6-8,11,14H,2-5H2,1H3. The molecule has 0 aromatic carbocycles. The molecule has 0 amide bonds. The van der Waals surface area contributed by atoms with Crippen LogP contribution < -0.4 is 5.32 Å². The van der Waals surface area contributed by atoms with Crippen LogP contribution in [0.1, 0.15) is 26.2 Å². The highest BCUT2D eigenvalue weighted by molar-refractivity contribution is 5.33. The SMILES string of the molecule is CCCn1nncc1NC1CC(O)C1. The molecule has 0 spiro atoms. The summed E-state index contributed by atoms with van der Waals surface area (Å²) in [6.07, 6.45) is 4.32. The van der Waals surface area contributed by atoms with Crippen molar-refractivity contribution in [3.63, 3.8) is 0 Å². The first-order chi connectivity index (χ1) is 6.79. The number of nitrogens with one attached hydrogen (secondary N) is 1. The molecule has 0 atom stereocenters. The molecule has 5 nitrogen and oxygen atoms in total. The molecule has 0 saturated heterocycles. The molecule has 14 heavy (non-hydrogen) atoms. The second kappa shape index (κ2) is 3.96. The summed E-state index contributed by atoms with van der Waals surface area (Å²) < 4.78 is 1.87. The number of aryl methyl sites for hydroxylation is 1. The Morgan fingerprint density at radius 3 is 3.07 bits per heavy atom. The predicted molar refractivity (Wildman–Crippen MR) is 53.0 cm³/mol. The first-order valence-electron chi connectivity index (χ1n) is 5.12. The van der Waals surface area contributed by atoms with E-state index in [1.54, 1.807) is 6.20 Å². The number of nitrogens with zero attached hydrogens (tertiary/aromatic N) is 3. The fourth-order valence-corrected chi connectivity index (χ4v) is 1.66. The van der Waals surface area contributed by atoms with E-state index in [-0.39, 0.29) is 6.10 Å². The van der Waals surface area contributed by atoms with Crippen LogP contribution in [0.3, 0.4) is 0 Å². The maximum absolute atomic E-state index is 9.14. The largest absolute Gasteiger partial charge is 0.393 e. The van der Waals surface area contributed by atoms with Gasteiger partial charge in [0.2, 0.25) is 0 Å². The van der Waals surface area contributed by atoms with Crippen LogP contribution in [0.25, 0.3) is 0 Å². The van der Waals surface area contributed by atoms with E-state index in [1.807, 2.05) is 4.68 Å². The molecule has 1 heterocycles. The zero-order valence-corrected chi connectivity index (χ0v) is 8.35. The lowest BCUT2D eigenvalue weighted by atomic mass is 9.90. The summed E-state index contributed by atoms with van der Waals surface area (Å²) in [5.74, 6) is 0.962. The fraction of sp³-hybridized carbons (Fsp3) is 0.778. The number of rotatable bonds is 4. The number of aromatic nitrogens is 3. The number of aliphatic hydroxyl groups excluding tert-OH is 1. The van der Waals surface area contributed by atoms with E-state index < -0.39 is 0 Å². The van der Waals surface area contributed by atoms with Crippen molar-refractivity contribution in [2.24, 2.45) is 0 Å². The van der Waals surface area contributed by atoms with Gasteiger partial charge in [0.05, 0.1) is 12.3 Å². The maximum Gasteiger partial charge on any atom is 0.145 e. The van der Waals surface area contributed by atoms with Gasteiger partial charge in [0.15, 0.2) is 0 Å². The van der Waals surface area contributed by atoms with Gasteiger partial charge in [0.1, 0.15) is 5.82 Å². The maximum atomic E-state index is 9.14. The number of anilines is 1. The Kier molecular flexibility index (Phi) is 2.67. The third-order valence-electron chi connectivity index (χ3n) is 2.52. The molecule has 0 unspecified atom stereocenters. The Labute approximate surface area is 83.1 Å². The third-order valence-corrected chi connectivity index (χ3v) is 2.52. The van der Waals surface area contributed by atoms with Gasteiger partial charge in [-0.1, -0.05) is 12.1 Å². The van der Waals surface area contributed by atoms with Crippen molar-refractivity contribution >= 4 is 5.82 Å². The second-order valence-electron chi connectivity index (χ2n) is 3.81. The van der Waals surface area contributed by atoms with Gasteiger partial charge in [-0.2, -0.15) is 0 Å². The van der Waals surface area contributed by atoms with E-state index in [9.17, 15) is 0 Å². The van der Waals surface area contributed by atoms with E-state index in [0.717, 1.165) is 31.6 Å². The van der Waals surface area contributed by atoms with Crippen molar-refractivity contribution in [2.45, 2.75) is 44.9 Å². The van der Waals surface area contributed by atoms with Gasteiger partial charge < -0.3 is 10.4 Å². The van der Waals surface area contributed by atoms with E-state index >= 15 is 0 Å². The minimum absolute atomic E-state index is 0.122. The van der Waals surface area contributed by atoms with E-state index in [1.165, 1.54) is 0 Å². The van der Waals surface area contributed by atoms with Gasteiger partial charge >= 0.3 is 0 Å². The number of hydrogen-bond acceptors (Lipinski definition) is 4. The first-order valence-corrected chi connectivity index (χ1v) is 5.12. The summed E-state index contributed by atoms with van der Waals surface area (Å²) in [5.41, 5.74) is 0. The monoisotopic (exact) mass is 196 g/mol. The second-order valence-corrected chi connectivity index (χ2v) is 3.81. The summed E-state index contributed by atoms with van der Waals surface area (Å²) in [7, 11) is 0. The summed E-state index contributed by atoms with van der Waals surface area (Å²) in [4.78, 5) is 0. The highest BCUT2D eigenvalue weighted by atomic mass is 16.3. The molecule has 2 N–H and O–H groups in total. The molecular formula is C9H16N4O. The summed E-state index contributed by atoms with van der Waals surface area (Å²) >= 11 is 0. The molecule has 2 rings (SSSR count). The minimum Gasteiger partial charge on any atom is -0.393 e. The van der Waals surface area contributed by atoms with Gasteiger partial charge in [-0.25, -0.2) is 4.68 Å². The van der Waals surface area contributed by atoms with Gasteiger partial charge in [-0.15, -0.1) is 5.10 Å². The molecule has 78 valence electrons. The van der Waals surface area contributed by atoms with Crippen molar-refractivity contribution in [2.75, 3.05) is 5.32 Å². The molecule has 1 aromatic rings. The average Bonchev–Trinajstić information content (AvgIpc) is 2.51. The number of aliphatic hydroxyl groups is 1. The highest BCUT2D eigenvalue weighted by Crippen LogP contribution is 2.23. The smallest absolute Gasteiger partial charge is 0.145 e. The van der Waals surface area contributed by atoms with Crippen LogP contribution in [-0.2, 0) is 6.54 Å². The van der Waals surface area contributed by atoms with Crippen LogP contribution in [0.15, 0.2) is 6.20 Å². The van der Waals surface area contributed by atoms with Crippen LogP contribution in [-0.4, -0.2) is 32.2 Å². The molecule has 5 heteroatoms. The summed E-state index contributed by atoms with van der Waals surface area (Å²) in [5, 5.41) is 20.3. The normalized spacial score (nSPS) is 25.9. The fourth-order valence-electron chi connectivity index (χ4n) is 1.66. The van der Waals surface area contributed by atoms with Crippen molar-refractivity contribution in [3.8, 4) is 0 Å². The van der Waals surface area contributed by atoms with Crippen molar-refractivity contribution < 1.29 is 5.11 Å². The van der Waals surface area contributed by atoms with Crippen LogP contribution in [0.2, 0.25) is 0 Å². The van der Waals surface area contributed by atoms with E-state index in [4.69, 9.17) is 5.11 Å². The lowest BCUT2D eigenvalue weighted by molar-refractivity contribution is 0.0834. The molecular weight excluding hydrogens is 180 g/mol. The Morgan fingerprint density at radius 2 is 2.43 bits per heavy atom. The summed E-state index contributed by atoms with van der Waals surface area (Å²) in [6.45, 7) is 3.00. The molecule has 1 aliphatic carbocycles.